The van der Waals surface area contributed by atoms with Gasteiger partial charge in [-0.05, 0) is 24.1 Å². The van der Waals surface area contributed by atoms with Gasteiger partial charge in [-0.1, -0.05) is 12.1 Å². The van der Waals surface area contributed by atoms with Crippen LogP contribution < -0.4 is 4.74 Å². The third-order valence-electron chi connectivity index (χ3n) is 1.75. The molecule has 1 N–H and O–H groups in total. The second-order valence-corrected chi connectivity index (χ2v) is 2.81. The minimum atomic E-state index is 0.0609. The Hall–Kier alpha value is -1.06. The summed E-state index contributed by atoms with van der Waals surface area (Å²) in [6.45, 7) is 2.24. The molecule has 3 nitrogen and oxygen atoms in total. The standard InChI is InChI=1S/C10H14O3/c1-8-5-9(6-11)3-4-10(8)13-7-12-2/h3-5,11H,6-7H2,1-2H3. The van der Waals surface area contributed by atoms with Crippen molar-refractivity contribution in [3.8, 4) is 5.75 Å². The Morgan fingerprint density at radius 1 is 1.38 bits per heavy atom. The number of aliphatic hydroxyl groups is 1. The maximum absolute atomic E-state index is 8.86. The number of hydrogen-bond acceptors (Lipinski definition) is 3. The molecule has 0 radical (unpaired) electrons. The number of aliphatic hydroxyl groups excluding tert-OH is 1. The normalized spacial score (nSPS) is 10.1. The summed E-state index contributed by atoms with van der Waals surface area (Å²) in [5.41, 5.74) is 1.89. The predicted molar refractivity (Wildman–Crippen MR) is 49.6 cm³/mol. The van der Waals surface area contributed by atoms with Crippen LogP contribution in [0.1, 0.15) is 11.1 Å². The Bertz CT molecular complexity index is 271. The van der Waals surface area contributed by atoms with E-state index in [2.05, 4.69) is 0 Å². The van der Waals surface area contributed by atoms with Crippen LogP contribution in [0.5, 0.6) is 5.75 Å². The van der Waals surface area contributed by atoms with Crippen molar-refractivity contribution in [3.05, 3.63) is 29.3 Å². The van der Waals surface area contributed by atoms with E-state index in [0.717, 1.165) is 16.9 Å². The van der Waals surface area contributed by atoms with Crippen LogP contribution in [0.2, 0.25) is 0 Å². The van der Waals surface area contributed by atoms with E-state index in [1.54, 1.807) is 7.11 Å². The predicted octanol–water partition coefficient (Wildman–Crippen LogP) is 1.47. The average molecular weight is 182 g/mol. The molecule has 0 unspecified atom stereocenters. The second kappa shape index (κ2) is 4.84. The fraction of sp³-hybridized carbons (Fsp3) is 0.400. The van der Waals surface area contributed by atoms with Gasteiger partial charge in [-0.25, -0.2) is 0 Å². The quantitative estimate of drug-likeness (QED) is 0.716. The fourth-order valence-electron chi connectivity index (χ4n) is 1.09. The molecule has 0 amide bonds. The summed E-state index contributed by atoms with van der Waals surface area (Å²) in [5, 5.41) is 8.86. The SMILES string of the molecule is COCOc1ccc(CO)cc1C. The number of benzene rings is 1. The van der Waals surface area contributed by atoms with Crippen molar-refractivity contribution >= 4 is 0 Å². The molecule has 0 bridgehead atoms. The van der Waals surface area contributed by atoms with E-state index in [0.29, 0.717) is 0 Å². The monoisotopic (exact) mass is 182 g/mol. The smallest absolute Gasteiger partial charge is 0.188 e. The largest absolute Gasteiger partial charge is 0.467 e. The van der Waals surface area contributed by atoms with Gasteiger partial charge in [-0.3, -0.25) is 0 Å². The molecule has 0 aromatic heterocycles. The van der Waals surface area contributed by atoms with E-state index in [1.165, 1.54) is 0 Å². The van der Waals surface area contributed by atoms with Gasteiger partial charge in [0.25, 0.3) is 0 Å². The van der Waals surface area contributed by atoms with Crippen LogP contribution in [0.15, 0.2) is 18.2 Å². The molecule has 0 aliphatic heterocycles. The van der Waals surface area contributed by atoms with Crippen LogP contribution in [0.4, 0.5) is 0 Å². The molecule has 0 atom stereocenters. The molecule has 0 aliphatic carbocycles. The summed E-state index contributed by atoms with van der Waals surface area (Å²) >= 11 is 0. The van der Waals surface area contributed by atoms with Crippen LogP contribution in [0, 0.1) is 6.92 Å². The van der Waals surface area contributed by atoms with Gasteiger partial charge in [0, 0.05) is 7.11 Å². The Labute approximate surface area is 77.9 Å². The number of methoxy groups -OCH3 is 1. The third-order valence-corrected chi connectivity index (χ3v) is 1.75. The summed E-state index contributed by atoms with van der Waals surface area (Å²) < 4.78 is 10.1. The zero-order chi connectivity index (χ0) is 9.68. The van der Waals surface area contributed by atoms with E-state index < -0.39 is 0 Å². The molecular formula is C10H14O3. The van der Waals surface area contributed by atoms with Gasteiger partial charge in [0.05, 0.1) is 6.61 Å². The first kappa shape index (κ1) is 10.0. The number of hydrogen-bond donors (Lipinski definition) is 1. The highest BCUT2D eigenvalue weighted by atomic mass is 16.7. The Kier molecular flexibility index (Phi) is 3.73. The molecule has 0 aliphatic rings. The first-order chi connectivity index (χ1) is 6.27. The molecule has 13 heavy (non-hydrogen) atoms. The molecule has 0 saturated heterocycles. The van der Waals surface area contributed by atoms with Crippen LogP contribution in [0.25, 0.3) is 0 Å². The highest BCUT2D eigenvalue weighted by molar-refractivity contribution is 5.35. The summed E-state index contributed by atoms with van der Waals surface area (Å²) in [5.74, 6) is 0.791. The molecular weight excluding hydrogens is 168 g/mol. The van der Waals surface area contributed by atoms with Crippen LogP contribution in [-0.4, -0.2) is 19.0 Å². The molecule has 0 spiro atoms. The lowest BCUT2D eigenvalue weighted by Gasteiger charge is -2.08. The van der Waals surface area contributed by atoms with Crippen molar-refractivity contribution in [1.82, 2.24) is 0 Å². The lowest BCUT2D eigenvalue weighted by atomic mass is 10.1. The Balaban J connectivity index is 2.73. The highest BCUT2D eigenvalue weighted by Gasteiger charge is 1.99. The van der Waals surface area contributed by atoms with E-state index in [-0.39, 0.29) is 13.4 Å². The molecule has 3 heteroatoms. The summed E-state index contributed by atoms with van der Waals surface area (Å²) in [4.78, 5) is 0. The molecule has 1 aromatic carbocycles. The van der Waals surface area contributed by atoms with Gasteiger partial charge < -0.3 is 14.6 Å². The molecule has 0 heterocycles. The minimum absolute atomic E-state index is 0.0609. The number of ether oxygens (including phenoxy) is 2. The second-order valence-electron chi connectivity index (χ2n) is 2.81. The van der Waals surface area contributed by atoms with Crippen molar-refractivity contribution in [2.24, 2.45) is 0 Å². The van der Waals surface area contributed by atoms with Gasteiger partial charge in [0.2, 0.25) is 0 Å². The van der Waals surface area contributed by atoms with Gasteiger partial charge >= 0.3 is 0 Å². The van der Waals surface area contributed by atoms with Crippen molar-refractivity contribution in [2.75, 3.05) is 13.9 Å². The van der Waals surface area contributed by atoms with Crippen molar-refractivity contribution in [2.45, 2.75) is 13.5 Å². The van der Waals surface area contributed by atoms with Crippen molar-refractivity contribution in [1.29, 1.82) is 0 Å². The minimum Gasteiger partial charge on any atom is -0.467 e. The number of rotatable bonds is 4. The third kappa shape index (κ3) is 2.72. The van der Waals surface area contributed by atoms with Gasteiger partial charge in [0.1, 0.15) is 5.75 Å². The zero-order valence-electron chi connectivity index (χ0n) is 7.91. The fourth-order valence-corrected chi connectivity index (χ4v) is 1.09. The summed E-state index contributed by atoms with van der Waals surface area (Å²) in [7, 11) is 1.58. The molecule has 72 valence electrons. The Morgan fingerprint density at radius 2 is 2.15 bits per heavy atom. The average Bonchev–Trinajstić information content (AvgIpc) is 2.16. The lowest BCUT2D eigenvalue weighted by molar-refractivity contribution is 0.0506. The maximum atomic E-state index is 8.86. The van der Waals surface area contributed by atoms with E-state index in [4.69, 9.17) is 14.6 Å². The molecule has 0 saturated carbocycles. The van der Waals surface area contributed by atoms with Crippen molar-refractivity contribution < 1.29 is 14.6 Å². The lowest BCUT2D eigenvalue weighted by Crippen LogP contribution is -2.00. The number of aryl methyl sites for hydroxylation is 1. The van der Waals surface area contributed by atoms with E-state index >= 15 is 0 Å². The van der Waals surface area contributed by atoms with Crippen LogP contribution >= 0.6 is 0 Å². The van der Waals surface area contributed by atoms with Crippen LogP contribution in [-0.2, 0) is 11.3 Å². The molecule has 1 aromatic rings. The van der Waals surface area contributed by atoms with Gasteiger partial charge in [0.15, 0.2) is 6.79 Å². The van der Waals surface area contributed by atoms with Gasteiger partial charge in [-0.15, -0.1) is 0 Å². The Morgan fingerprint density at radius 3 is 2.69 bits per heavy atom. The highest BCUT2D eigenvalue weighted by Crippen LogP contribution is 2.18. The topological polar surface area (TPSA) is 38.7 Å². The first-order valence-corrected chi connectivity index (χ1v) is 4.10. The summed E-state index contributed by atoms with van der Waals surface area (Å²) in [6, 6.07) is 5.56. The van der Waals surface area contributed by atoms with Crippen LogP contribution in [0.3, 0.4) is 0 Å². The van der Waals surface area contributed by atoms with Gasteiger partial charge in [-0.2, -0.15) is 0 Å². The molecule has 1 rings (SSSR count). The summed E-state index contributed by atoms with van der Waals surface area (Å²) in [6.07, 6.45) is 0. The van der Waals surface area contributed by atoms with E-state index in [1.807, 2.05) is 25.1 Å². The van der Waals surface area contributed by atoms with Crippen molar-refractivity contribution in [3.63, 3.8) is 0 Å². The van der Waals surface area contributed by atoms with E-state index in [9.17, 15) is 0 Å². The zero-order valence-corrected chi connectivity index (χ0v) is 7.91. The first-order valence-electron chi connectivity index (χ1n) is 4.10. The molecule has 0 fully saturated rings. The maximum Gasteiger partial charge on any atom is 0.188 e.